The quantitative estimate of drug-likeness (QED) is 0.466. The summed E-state index contributed by atoms with van der Waals surface area (Å²) < 4.78 is 0. The van der Waals surface area contributed by atoms with E-state index < -0.39 is 0 Å². The van der Waals surface area contributed by atoms with Crippen molar-refractivity contribution in [2.45, 2.75) is 19.3 Å². The van der Waals surface area contributed by atoms with Crippen molar-refractivity contribution in [3.8, 4) is 0 Å². The van der Waals surface area contributed by atoms with Crippen LogP contribution in [0.4, 0.5) is 0 Å². The van der Waals surface area contributed by atoms with Gasteiger partial charge in [-0.25, -0.2) is 0 Å². The highest BCUT2D eigenvalue weighted by Crippen LogP contribution is 2.23. The highest BCUT2D eigenvalue weighted by molar-refractivity contribution is 4.88. The molecule has 2 radical (unpaired) electrons. The molecule has 0 aromatic rings. The van der Waals surface area contributed by atoms with Crippen molar-refractivity contribution in [3.05, 3.63) is 19.1 Å². The standard InChI is InChI=1S/C7H10/c1-2-7-5-3-4-6-7/h1-3,7H,4-6H2. The number of rotatable bonds is 1. The van der Waals surface area contributed by atoms with Gasteiger partial charge in [0.05, 0.1) is 0 Å². The molecular weight excluding hydrogens is 84.1 g/mol. The lowest BCUT2D eigenvalue weighted by atomic mass is 10.1. The van der Waals surface area contributed by atoms with Crippen molar-refractivity contribution in [1.82, 2.24) is 0 Å². The Labute approximate surface area is 45.2 Å². The van der Waals surface area contributed by atoms with Crippen LogP contribution in [0.25, 0.3) is 0 Å². The summed E-state index contributed by atoms with van der Waals surface area (Å²) in [5, 5.41) is 0. The van der Waals surface area contributed by atoms with Gasteiger partial charge in [0.1, 0.15) is 0 Å². The van der Waals surface area contributed by atoms with Crippen molar-refractivity contribution >= 4 is 0 Å². The molecule has 0 heterocycles. The van der Waals surface area contributed by atoms with Gasteiger partial charge in [0.25, 0.3) is 0 Å². The lowest BCUT2D eigenvalue weighted by molar-refractivity contribution is 0.694. The van der Waals surface area contributed by atoms with Crippen molar-refractivity contribution in [1.29, 1.82) is 0 Å². The molecule has 0 nitrogen and oxygen atoms in total. The molecule has 0 aromatic carbocycles. The Morgan fingerprint density at radius 2 is 2.57 bits per heavy atom. The van der Waals surface area contributed by atoms with Crippen LogP contribution in [0.2, 0.25) is 0 Å². The molecule has 1 unspecified atom stereocenters. The molecule has 1 aliphatic rings. The smallest absolute Gasteiger partial charge is 0.0228 e. The minimum absolute atomic E-state index is 0.694. The van der Waals surface area contributed by atoms with Crippen molar-refractivity contribution < 1.29 is 0 Å². The van der Waals surface area contributed by atoms with E-state index in [0.717, 1.165) is 0 Å². The van der Waals surface area contributed by atoms with E-state index in [4.69, 9.17) is 6.58 Å². The van der Waals surface area contributed by atoms with E-state index >= 15 is 0 Å². The van der Waals surface area contributed by atoms with Gasteiger partial charge in [-0.2, -0.15) is 0 Å². The number of allylic oxidation sites excluding steroid dienone is 1. The summed E-state index contributed by atoms with van der Waals surface area (Å²) in [5.41, 5.74) is 0. The lowest BCUT2D eigenvalue weighted by Crippen LogP contribution is -1.82. The normalized spacial score (nSPS) is 22.9. The van der Waals surface area contributed by atoms with Crippen LogP contribution < -0.4 is 0 Å². The molecule has 1 atom stereocenters. The van der Waals surface area contributed by atoms with Gasteiger partial charge >= 0.3 is 0 Å². The van der Waals surface area contributed by atoms with Crippen LogP contribution in [0.3, 0.4) is 0 Å². The first-order chi connectivity index (χ1) is 3.43. The second-order valence-corrected chi connectivity index (χ2v) is 2.05. The third kappa shape index (κ3) is 1.05. The van der Waals surface area contributed by atoms with Crippen LogP contribution in [-0.4, -0.2) is 0 Å². The Morgan fingerprint density at radius 1 is 1.71 bits per heavy atom. The number of hydrogen-bond acceptors (Lipinski definition) is 0. The van der Waals surface area contributed by atoms with Crippen LogP contribution in [0, 0.1) is 18.9 Å². The van der Waals surface area contributed by atoms with E-state index in [1.165, 1.54) is 19.3 Å². The van der Waals surface area contributed by atoms with Gasteiger partial charge < -0.3 is 0 Å². The molecule has 1 rings (SSSR count). The molecule has 7 heavy (non-hydrogen) atoms. The van der Waals surface area contributed by atoms with Gasteiger partial charge in [-0.05, 0) is 31.6 Å². The first kappa shape index (κ1) is 4.89. The molecule has 0 saturated heterocycles. The Kier molecular flexibility index (Phi) is 1.50. The first-order valence-electron chi connectivity index (χ1n) is 2.80. The summed E-state index contributed by atoms with van der Waals surface area (Å²) in [5.74, 6) is 0.694. The number of hydrogen-bond donors (Lipinski definition) is 0. The van der Waals surface area contributed by atoms with E-state index in [2.05, 4.69) is 6.42 Å². The van der Waals surface area contributed by atoms with Crippen LogP contribution in [-0.2, 0) is 0 Å². The molecule has 1 saturated carbocycles. The highest BCUT2D eigenvalue weighted by atomic mass is 14.1. The van der Waals surface area contributed by atoms with Crippen LogP contribution in [0.5, 0.6) is 0 Å². The van der Waals surface area contributed by atoms with Gasteiger partial charge in [0.15, 0.2) is 0 Å². The molecule has 1 aliphatic carbocycles. The Hall–Kier alpha value is -0.260. The SMILES string of the molecule is [CH]=CC1C[CH]CC1. The zero-order chi connectivity index (χ0) is 5.11. The Morgan fingerprint density at radius 3 is 2.86 bits per heavy atom. The second-order valence-electron chi connectivity index (χ2n) is 2.05. The largest absolute Gasteiger partial charge is 0.0814 e. The molecule has 0 N–H and O–H groups in total. The minimum Gasteiger partial charge on any atom is -0.0814 e. The Bertz CT molecular complexity index is 58.4. The maximum Gasteiger partial charge on any atom is -0.0228 e. The zero-order valence-corrected chi connectivity index (χ0v) is 4.43. The molecule has 0 bridgehead atoms. The van der Waals surface area contributed by atoms with Crippen LogP contribution in [0.1, 0.15) is 19.3 Å². The van der Waals surface area contributed by atoms with Crippen LogP contribution in [0.15, 0.2) is 6.08 Å². The van der Waals surface area contributed by atoms with Crippen molar-refractivity contribution in [2.24, 2.45) is 5.92 Å². The maximum atomic E-state index is 5.29. The molecule has 0 spiro atoms. The predicted molar refractivity (Wildman–Crippen MR) is 30.5 cm³/mol. The fraction of sp³-hybridized carbons (Fsp3) is 0.571. The van der Waals surface area contributed by atoms with Crippen molar-refractivity contribution in [3.63, 3.8) is 0 Å². The van der Waals surface area contributed by atoms with Gasteiger partial charge in [-0.15, -0.1) is 0 Å². The summed E-state index contributed by atoms with van der Waals surface area (Å²) in [6.45, 7) is 5.29. The summed E-state index contributed by atoms with van der Waals surface area (Å²) in [4.78, 5) is 0. The lowest BCUT2D eigenvalue weighted by Gasteiger charge is -1.94. The molecule has 38 valence electrons. The first-order valence-corrected chi connectivity index (χ1v) is 2.80. The average Bonchev–Trinajstić information content (AvgIpc) is 2.14. The van der Waals surface area contributed by atoms with E-state index in [0.29, 0.717) is 5.92 Å². The molecule has 1 fully saturated rings. The summed E-state index contributed by atoms with van der Waals surface area (Å²) in [6, 6.07) is 0. The highest BCUT2D eigenvalue weighted by Gasteiger charge is 2.09. The van der Waals surface area contributed by atoms with Crippen molar-refractivity contribution in [2.75, 3.05) is 0 Å². The average molecular weight is 94.2 g/mol. The third-order valence-corrected chi connectivity index (χ3v) is 1.48. The summed E-state index contributed by atoms with van der Waals surface area (Å²) >= 11 is 0. The van der Waals surface area contributed by atoms with E-state index in [1.54, 1.807) is 0 Å². The molecular formula is C7H10. The molecule has 0 heteroatoms. The van der Waals surface area contributed by atoms with E-state index in [9.17, 15) is 0 Å². The summed E-state index contributed by atoms with van der Waals surface area (Å²) in [7, 11) is 0. The third-order valence-electron chi connectivity index (χ3n) is 1.48. The molecule has 0 aromatic heterocycles. The van der Waals surface area contributed by atoms with Gasteiger partial charge in [0, 0.05) is 0 Å². The van der Waals surface area contributed by atoms with Gasteiger partial charge in [-0.3, -0.25) is 0 Å². The van der Waals surface area contributed by atoms with Gasteiger partial charge in [-0.1, -0.05) is 12.7 Å². The Balaban J connectivity index is 2.26. The minimum atomic E-state index is 0.694. The fourth-order valence-electron chi connectivity index (χ4n) is 0.956. The van der Waals surface area contributed by atoms with E-state index in [1.807, 2.05) is 6.08 Å². The molecule has 0 aliphatic heterocycles. The second kappa shape index (κ2) is 2.15. The monoisotopic (exact) mass is 94.1 g/mol. The predicted octanol–water partition coefficient (Wildman–Crippen LogP) is 1.98. The molecule has 0 amide bonds. The van der Waals surface area contributed by atoms with Gasteiger partial charge in [0.2, 0.25) is 0 Å². The zero-order valence-electron chi connectivity index (χ0n) is 4.43. The fourth-order valence-corrected chi connectivity index (χ4v) is 0.956. The van der Waals surface area contributed by atoms with Crippen LogP contribution >= 0.6 is 0 Å². The van der Waals surface area contributed by atoms with E-state index in [-0.39, 0.29) is 0 Å². The topological polar surface area (TPSA) is 0 Å². The summed E-state index contributed by atoms with van der Waals surface area (Å²) in [6.07, 6.45) is 7.85. The maximum absolute atomic E-state index is 5.29.